The Morgan fingerprint density at radius 2 is 1.71 bits per heavy atom. The first-order valence-electron chi connectivity index (χ1n) is 4.97. The zero-order valence-corrected chi connectivity index (χ0v) is 8.33. The summed E-state index contributed by atoms with van der Waals surface area (Å²) < 4.78 is 0. The molecular weight excluding hydrogens is 176 g/mol. The molecule has 3 nitrogen and oxygen atoms in total. The Balaban J connectivity index is 2.05. The first-order chi connectivity index (χ1) is 6.75. The maximum atomic E-state index is 9.29. The molecule has 3 N–H and O–H groups in total. The molecule has 1 fully saturated rings. The molecule has 0 aromatic heterocycles. The smallest absolute Gasteiger partial charge is 0.0837 e. The number of nitrogens with one attached hydrogen (secondary N) is 2. The Morgan fingerprint density at radius 3 is 2.29 bits per heavy atom. The minimum atomic E-state index is -0.267. The molecular formula is C11H16N2O. The second kappa shape index (κ2) is 4.09. The zero-order valence-electron chi connectivity index (χ0n) is 8.33. The third-order valence-corrected chi connectivity index (χ3v) is 2.53. The number of aryl methyl sites for hydroxylation is 1. The summed E-state index contributed by atoms with van der Waals surface area (Å²) in [6.07, 6.45) is -0.0873. The van der Waals surface area contributed by atoms with E-state index in [1.807, 2.05) is 0 Å². The molecule has 2 rings (SSSR count). The molecule has 0 amide bonds. The van der Waals surface area contributed by atoms with Gasteiger partial charge >= 0.3 is 0 Å². The maximum Gasteiger partial charge on any atom is 0.0837 e. The van der Waals surface area contributed by atoms with Crippen molar-refractivity contribution in [1.29, 1.82) is 0 Å². The van der Waals surface area contributed by atoms with E-state index in [4.69, 9.17) is 0 Å². The Kier molecular flexibility index (Phi) is 2.82. The molecule has 0 atom stereocenters. The van der Waals surface area contributed by atoms with E-state index in [1.165, 1.54) is 11.1 Å². The van der Waals surface area contributed by atoms with Crippen LogP contribution in [0.4, 0.5) is 0 Å². The molecule has 14 heavy (non-hydrogen) atoms. The fourth-order valence-corrected chi connectivity index (χ4v) is 1.65. The SMILES string of the molecule is Cc1ccc(C2NCC(O)CN2)cc1. The summed E-state index contributed by atoms with van der Waals surface area (Å²) in [5.74, 6) is 0. The maximum absolute atomic E-state index is 9.29. The van der Waals surface area contributed by atoms with Gasteiger partial charge in [0.05, 0.1) is 12.3 Å². The van der Waals surface area contributed by atoms with Crippen LogP contribution in [0.3, 0.4) is 0 Å². The van der Waals surface area contributed by atoms with E-state index in [2.05, 4.69) is 41.8 Å². The van der Waals surface area contributed by atoms with Gasteiger partial charge in [0.15, 0.2) is 0 Å². The van der Waals surface area contributed by atoms with E-state index in [0.717, 1.165) is 0 Å². The van der Waals surface area contributed by atoms with Gasteiger partial charge in [-0.2, -0.15) is 0 Å². The van der Waals surface area contributed by atoms with Gasteiger partial charge in [-0.1, -0.05) is 29.8 Å². The van der Waals surface area contributed by atoms with Crippen LogP contribution < -0.4 is 10.6 Å². The molecule has 0 radical (unpaired) electrons. The highest BCUT2D eigenvalue weighted by molar-refractivity contribution is 5.24. The summed E-state index contributed by atoms with van der Waals surface area (Å²) in [6.45, 7) is 3.40. The Hall–Kier alpha value is -0.900. The molecule has 1 aliphatic heterocycles. The number of β-amino-alcohol motifs (C(OH)–C–C–N with tert-alkyl or cyclic N) is 1. The van der Waals surface area contributed by atoms with E-state index >= 15 is 0 Å². The molecule has 1 aliphatic rings. The van der Waals surface area contributed by atoms with Crippen molar-refractivity contribution in [3.8, 4) is 0 Å². The first kappa shape index (κ1) is 9.65. The van der Waals surface area contributed by atoms with Gasteiger partial charge in [-0.25, -0.2) is 0 Å². The molecule has 1 heterocycles. The van der Waals surface area contributed by atoms with Crippen LogP contribution in [0.5, 0.6) is 0 Å². The van der Waals surface area contributed by atoms with Crippen LogP contribution >= 0.6 is 0 Å². The van der Waals surface area contributed by atoms with Crippen molar-refractivity contribution in [2.75, 3.05) is 13.1 Å². The predicted molar refractivity (Wildman–Crippen MR) is 55.9 cm³/mol. The standard InChI is InChI=1S/C11H16N2O/c1-8-2-4-9(5-3-8)11-12-6-10(14)7-13-11/h2-5,10-14H,6-7H2,1H3. The molecule has 1 aromatic carbocycles. The van der Waals surface area contributed by atoms with Gasteiger partial charge in [-0.3, -0.25) is 10.6 Å². The lowest BCUT2D eigenvalue weighted by Gasteiger charge is -2.28. The molecule has 76 valence electrons. The van der Waals surface area contributed by atoms with Crippen LogP contribution in [0.2, 0.25) is 0 Å². The van der Waals surface area contributed by atoms with Crippen LogP contribution in [-0.2, 0) is 0 Å². The van der Waals surface area contributed by atoms with Crippen molar-refractivity contribution in [2.45, 2.75) is 19.2 Å². The number of aliphatic hydroxyl groups is 1. The van der Waals surface area contributed by atoms with Crippen molar-refractivity contribution >= 4 is 0 Å². The largest absolute Gasteiger partial charge is 0.390 e. The predicted octanol–water partition coefficient (Wildman–Crippen LogP) is 0.547. The molecule has 1 saturated heterocycles. The summed E-state index contributed by atoms with van der Waals surface area (Å²) in [4.78, 5) is 0. The monoisotopic (exact) mass is 192 g/mol. The third-order valence-electron chi connectivity index (χ3n) is 2.53. The van der Waals surface area contributed by atoms with Gasteiger partial charge in [0.2, 0.25) is 0 Å². The second-order valence-corrected chi connectivity index (χ2v) is 3.81. The quantitative estimate of drug-likeness (QED) is 0.609. The lowest BCUT2D eigenvalue weighted by Crippen LogP contribution is -2.49. The molecule has 0 aliphatic carbocycles. The first-order valence-corrected chi connectivity index (χ1v) is 4.97. The third kappa shape index (κ3) is 2.12. The minimum Gasteiger partial charge on any atom is -0.390 e. The topological polar surface area (TPSA) is 44.3 Å². The number of hydrogen-bond donors (Lipinski definition) is 3. The minimum absolute atomic E-state index is 0.180. The lowest BCUT2D eigenvalue weighted by molar-refractivity contribution is 0.129. The Morgan fingerprint density at radius 1 is 1.14 bits per heavy atom. The van der Waals surface area contributed by atoms with Crippen LogP contribution in [0.25, 0.3) is 0 Å². The fourth-order valence-electron chi connectivity index (χ4n) is 1.65. The van der Waals surface area contributed by atoms with Crippen LogP contribution in [0.15, 0.2) is 24.3 Å². The number of benzene rings is 1. The zero-order chi connectivity index (χ0) is 9.97. The van der Waals surface area contributed by atoms with E-state index in [-0.39, 0.29) is 12.3 Å². The Bertz CT molecular complexity index is 289. The lowest BCUT2D eigenvalue weighted by atomic mass is 10.1. The van der Waals surface area contributed by atoms with Gasteiger partial charge in [-0.15, -0.1) is 0 Å². The van der Waals surface area contributed by atoms with Gasteiger partial charge in [-0.05, 0) is 12.5 Å². The van der Waals surface area contributed by atoms with E-state index in [1.54, 1.807) is 0 Å². The summed E-state index contributed by atoms with van der Waals surface area (Å²) in [5.41, 5.74) is 2.49. The van der Waals surface area contributed by atoms with Crippen LogP contribution in [-0.4, -0.2) is 24.3 Å². The molecule has 1 aromatic rings. The van der Waals surface area contributed by atoms with Crippen molar-refractivity contribution < 1.29 is 5.11 Å². The van der Waals surface area contributed by atoms with Crippen molar-refractivity contribution in [3.05, 3.63) is 35.4 Å². The van der Waals surface area contributed by atoms with Crippen LogP contribution in [0.1, 0.15) is 17.3 Å². The summed E-state index contributed by atoms with van der Waals surface area (Å²) in [5, 5.41) is 15.8. The highest BCUT2D eigenvalue weighted by atomic mass is 16.3. The Labute approximate surface area is 84.1 Å². The average molecular weight is 192 g/mol. The van der Waals surface area contributed by atoms with Gasteiger partial charge in [0.25, 0.3) is 0 Å². The molecule has 0 saturated carbocycles. The van der Waals surface area contributed by atoms with E-state index < -0.39 is 0 Å². The molecule has 0 unspecified atom stereocenters. The van der Waals surface area contributed by atoms with Gasteiger partial charge in [0, 0.05) is 13.1 Å². The highest BCUT2D eigenvalue weighted by Crippen LogP contribution is 2.13. The van der Waals surface area contributed by atoms with Crippen molar-refractivity contribution in [1.82, 2.24) is 10.6 Å². The van der Waals surface area contributed by atoms with E-state index in [9.17, 15) is 5.11 Å². The molecule has 3 heteroatoms. The van der Waals surface area contributed by atoms with Gasteiger partial charge < -0.3 is 5.11 Å². The summed E-state index contributed by atoms with van der Waals surface area (Å²) in [7, 11) is 0. The summed E-state index contributed by atoms with van der Waals surface area (Å²) >= 11 is 0. The molecule has 0 spiro atoms. The number of aliphatic hydroxyl groups excluding tert-OH is 1. The fraction of sp³-hybridized carbons (Fsp3) is 0.455. The van der Waals surface area contributed by atoms with Crippen molar-refractivity contribution in [3.63, 3.8) is 0 Å². The number of rotatable bonds is 1. The second-order valence-electron chi connectivity index (χ2n) is 3.81. The van der Waals surface area contributed by atoms with Crippen molar-refractivity contribution in [2.24, 2.45) is 0 Å². The normalized spacial score (nSPS) is 27.6. The van der Waals surface area contributed by atoms with Gasteiger partial charge in [0.1, 0.15) is 0 Å². The average Bonchev–Trinajstić information content (AvgIpc) is 2.21. The highest BCUT2D eigenvalue weighted by Gasteiger charge is 2.18. The van der Waals surface area contributed by atoms with Crippen LogP contribution in [0, 0.1) is 6.92 Å². The summed E-state index contributed by atoms with van der Waals surface area (Å²) in [6, 6.07) is 8.42. The number of hydrogen-bond acceptors (Lipinski definition) is 3. The molecule has 0 bridgehead atoms. The van der Waals surface area contributed by atoms with E-state index in [0.29, 0.717) is 13.1 Å².